The van der Waals surface area contributed by atoms with Gasteiger partial charge in [-0.15, -0.1) is 0 Å². The van der Waals surface area contributed by atoms with Gasteiger partial charge in [0.1, 0.15) is 6.61 Å². The van der Waals surface area contributed by atoms with Crippen LogP contribution in [0, 0.1) is 0 Å². The molecule has 0 atom stereocenters. The van der Waals surface area contributed by atoms with Crippen LogP contribution in [-0.4, -0.2) is 23.7 Å². The second kappa shape index (κ2) is 5.34. The quantitative estimate of drug-likeness (QED) is 0.750. The van der Waals surface area contributed by atoms with Gasteiger partial charge in [0.2, 0.25) is 0 Å². The lowest BCUT2D eigenvalue weighted by Crippen LogP contribution is -2.28. The molecule has 1 amide bonds. The average molecular weight is 235 g/mol. The summed E-state index contributed by atoms with van der Waals surface area (Å²) >= 11 is 0. The molecular formula is C12H13NO4. The number of nitrogens with zero attached hydrogens (tertiary/aromatic N) is 1. The Kier molecular flexibility index (Phi) is 3.59. The van der Waals surface area contributed by atoms with E-state index in [0.29, 0.717) is 19.4 Å². The Labute approximate surface area is 98.9 Å². The van der Waals surface area contributed by atoms with Gasteiger partial charge in [0.25, 0.3) is 5.91 Å². The smallest absolute Gasteiger partial charge is 0.428 e. The van der Waals surface area contributed by atoms with Crippen LogP contribution >= 0.6 is 0 Å². The summed E-state index contributed by atoms with van der Waals surface area (Å²) in [6.07, 6.45) is 0.292. The van der Waals surface area contributed by atoms with E-state index in [9.17, 15) is 9.59 Å². The van der Waals surface area contributed by atoms with Crippen LogP contribution in [0.1, 0.15) is 18.4 Å². The molecule has 0 bridgehead atoms. The molecule has 1 aliphatic rings. The van der Waals surface area contributed by atoms with E-state index in [-0.39, 0.29) is 12.5 Å². The fraction of sp³-hybridized carbons (Fsp3) is 0.333. The molecular weight excluding hydrogens is 222 g/mol. The van der Waals surface area contributed by atoms with Gasteiger partial charge in [0.15, 0.2) is 0 Å². The molecule has 0 spiro atoms. The predicted molar refractivity (Wildman–Crippen MR) is 58.7 cm³/mol. The number of carbonyl (C=O) groups excluding carboxylic acids is 2. The van der Waals surface area contributed by atoms with Crippen molar-refractivity contribution in [3.63, 3.8) is 0 Å². The minimum atomic E-state index is -0.843. The lowest BCUT2D eigenvalue weighted by molar-refractivity contribution is -0.165. The largest absolute Gasteiger partial charge is 0.533 e. The monoisotopic (exact) mass is 235 g/mol. The van der Waals surface area contributed by atoms with E-state index in [1.807, 2.05) is 30.3 Å². The van der Waals surface area contributed by atoms with Crippen LogP contribution in [0.5, 0.6) is 0 Å². The number of hydrogen-bond acceptors (Lipinski definition) is 4. The number of ether oxygens (including phenoxy) is 1. The maximum atomic E-state index is 11.3. The number of carbonyl (C=O) groups is 2. The molecule has 90 valence electrons. The first-order chi connectivity index (χ1) is 8.25. The van der Waals surface area contributed by atoms with Crippen molar-refractivity contribution < 1.29 is 19.2 Å². The molecule has 0 radical (unpaired) electrons. The third kappa shape index (κ3) is 3.21. The minimum Gasteiger partial charge on any atom is -0.428 e. The Bertz CT molecular complexity index is 404. The van der Waals surface area contributed by atoms with Crippen LogP contribution in [0.25, 0.3) is 0 Å². The SMILES string of the molecule is O=C(OCc1ccccc1)ON1CCCC1=O. The lowest BCUT2D eigenvalue weighted by atomic mass is 10.2. The van der Waals surface area contributed by atoms with Crippen molar-refractivity contribution in [1.29, 1.82) is 0 Å². The third-order valence-electron chi connectivity index (χ3n) is 2.41. The highest BCUT2D eigenvalue weighted by molar-refractivity contribution is 5.78. The van der Waals surface area contributed by atoms with E-state index in [1.165, 1.54) is 0 Å². The Hall–Kier alpha value is -2.04. The Morgan fingerprint density at radius 3 is 2.71 bits per heavy atom. The summed E-state index contributed by atoms with van der Waals surface area (Å²) in [5.41, 5.74) is 0.872. The second-order valence-electron chi connectivity index (χ2n) is 3.71. The molecule has 1 aromatic carbocycles. The Balaban J connectivity index is 1.76. The number of rotatable bonds is 3. The van der Waals surface area contributed by atoms with Crippen molar-refractivity contribution in [2.24, 2.45) is 0 Å². The molecule has 0 N–H and O–H groups in total. The molecule has 1 aromatic rings. The molecule has 1 heterocycles. The summed E-state index contributed by atoms with van der Waals surface area (Å²) in [4.78, 5) is 27.2. The molecule has 17 heavy (non-hydrogen) atoms. The zero-order valence-corrected chi connectivity index (χ0v) is 9.30. The van der Waals surface area contributed by atoms with E-state index < -0.39 is 6.16 Å². The highest BCUT2D eigenvalue weighted by Gasteiger charge is 2.24. The van der Waals surface area contributed by atoms with Crippen molar-refractivity contribution in [1.82, 2.24) is 5.06 Å². The molecule has 0 aromatic heterocycles. The van der Waals surface area contributed by atoms with E-state index in [2.05, 4.69) is 0 Å². The second-order valence-corrected chi connectivity index (χ2v) is 3.71. The summed E-state index contributed by atoms with van der Waals surface area (Å²) in [6, 6.07) is 9.27. The normalized spacial score (nSPS) is 14.8. The molecule has 5 nitrogen and oxygen atoms in total. The van der Waals surface area contributed by atoms with Gasteiger partial charge in [-0.3, -0.25) is 4.79 Å². The van der Waals surface area contributed by atoms with E-state index in [4.69, 9.17) is 9.57 Å². The van der Waals surface area contributed by atoms with Gasteiger partial charge in [-0.05, 0) is 12.0 Å². The summed E-state index contributed by atoms with van der Waals surface area (Å²) in [7, 11) is 0. The van der Waals surface area contributed by atoms with Gasteiger partial charge in [0, 0.05) is 6.42 Å². The highest BCUT2D eigenvalue weighted by Crippen LogP contribution is 2.11. The topological polar surface area (TPSA) is 55.8 Å². The number of amides is 1. The van der Waals surface area contributed by atoms with Gasteiger partial charge in [-0.1, -0.05) is 30.3 Å². The van der Waals surface area contributed by atoms with Gasteiger partial charge in [0.05, 0.1) is 6.54 Å². The first-order valence-electron chi connectivity index (χ1n) is 5.45. The summed E-state index contributed by atoms with van der Waals surface area (Å²) < 4.78 is 4.88. The summed E-state index contributed by atoms with van der Waals surface area (Å²) in [5, 5.41) is 1.05. The van der Waals surface area contributed by atoms with Crippen LogP contribution in [-0.2, 0) is 21.0 Å². The van der Waals surface area contributed by atoms with Crippen molar-refractivity contribution in [3.05, 3.63) is 35.9 Å². The average Bonchev–Trinajstić information content (AvgIpc) is 2.74. The van der Waals surface area contributed by atoms with Crippen LogP contribution in [0.3, 0.4) is 0 Å². The fourth-order valence-corrected chi connectivity index (χ4v) is 1.55. The van der Waals surface area contributed by atoms with Gasteiger partial charge >= 0.3 is 6.16 Å². The Morgan fingerprint density at radius 1 is 1.29 bits per heavy atom. The van der Waals surface area contributed by atoms with E-state index in [1.54, 1.807) is 0 Å². The molecule has 1 saturated heterocycles. The minimum absolute atomic E-state index is 0.141. The molecule has 2 rings (SSSR count). The van der Waals surface area contributed by atoms with Crippen LogP contribution < -0.4 is 0 Å². The molecule has 0 aliphatic carbocycles. The molecule has 1 fully saturated rings. The third-order valence-corrected chi connectivity index (χ3v) is 2.41. The van der Waals surface area contributed by atoms with E-state index in [0.717, 1.165) is 10.6 Å². The van der Waals surface area contributed by atoms with Gasteiger partial charge < -0.3 is 9.57 Å². The Morgan fingerprint density at radius 2 is 2.06 bits per heavy atom. The zero-order chi connectivity index (χ0) is 12.1. The van der Waals surface area contributed by atoms with Crippen molar-refractivity contribution >= 4 is 12.1 Å². The highest BCUT2D eigenvalue weighted by atomic mass is 16.8. The summed E-state index contributed by atoms with van der Waals surface area (Å²) in [5.74, 6) is -0.179. The van der Waals surface area contributed by atoms with Gasteiger partial charge in [-0.2, -0.15) is 5.06 Å². The lowest BCUT2D eigenvalue weighted by Gasteiger charge is -2.13. The number of hydroxylamine groups is 2. The maximum Gasteiger partial charge on any atom is 0.533 e. The first kappa shape index (κ1) is 11.4. The van der Waals surface area contributed by atoms with Crippen LogP contribution in [0.2, 0.25) is 0 Å². The molecule has 5 heteroatoms. The molecule has 0 unspecified atom stereocenters. The standard InChI is InChI=1S/C12H13NO4/c14-11-7-4-8-13(11)17-12(15)16-9-10-5-2-1-3-6-10/h1-3,5-6H,4,7-9H2. The van der Waals surface area contributed by atoms with Crippen molar-refractivity contribution in [3.8, 4) is 0 Å². The molecule has 0 saturated carbocycles. The van der Waals surface area contributed by atoms with Crippen LogP contribution in [0.4, 0.5) is 4.79 Å². The van der Waals surface area contributed by atoms with Crippen molar-refractivity contribution in [2.45, 2.75) is 19.4 Å². The fourth-order valence-electron chi connectivity index (χ4n) is 1.55. The van der Waals surface area contributed by atoms with Crippen molar-refractivity contribution in [2.75, 3.05) is 6.54 Å². The number of benzene rings is 1. The maximum absolute atomic E-state index is 11.3. The van der Waals surface area contributed by atoms with Crippen LogP contribution in [0.15, 0.2) is 30.3 Å². The van der Waals surface area contributed by atoms with Gasteiger partial charge in [-0.25, -0.2) is 4.79 Å². The predicted octanol–water partition coefficient (Wildman–Crippen LogP) is 1.88. The zero-order valence-electron chi connectivity index (χ0n) is 9.30. The molecule has 1 aliphatic heterocycles. The first-order valence-corrected chi connectivity index (χ1v) is 5.45. The summed E-state index contributed by atoms with van der Waals surface area (Å²) in [6.45, 7) is 0.584. The van der Waals surface area contributed by atoms with E-state index >= 15 is 0 Å². The number of hydrogen-bond donors (Lipinski definition) is 0.